The van der Waals surface area contributed by atoms with Gasteiger partial charge in [0.1, 0.15) is 5.75 Å². The zero-order chi connectivity index (χ0) is 17.0. The van der Waals surface area contributed by atoms with Crippen molar-refractivity contribution in [3.63, 3.8) is 0 Å². The zero-order valence-corrected chi connectivity index (χ0v) is 15.6. The normalized spacial score (nSPS) is 13.0. The summed E-state index contributed by atoms with van der Waals surface area (Å²) in [5, 5.41) is 10.7. The summed E-state index contributed by atoms with van der Waals surface area (Å²) in [7, 11) is 0. The van der Waals surface area contributed by atoms with Gasteiger partial charge in [0.25, 0.3) is 0 Å². The Bertz CT molecular complexity index is 475. The molecule has 0 heterocycles. The molecule has 22 heavy (non-hydrogen) atoms. The molecule has 0 saturated heterocycles. The Hall–Kier alpha value is -1.24. The van der Waals surface area contributed by atoms with Crippen molar-refractivity contribution in [1.82, 2.24) is 0 Å². The summed E-state index contributed by atoms with van der Waals surface area (Å²) in [5.74, 6) is 0.461. The van der Waals surface area contributed by atoms with E-state index in [9.17, 15) is 5.11 Å². The highest BCUT2D eigenvalue weighted by atomic mass is 16.3. The Labute approximate surface area is 137 Å². The minimum absolute atomic E-state index is 0.0594. The van der Waals surface area contributed by atoms with Crippen molar-refractivity contribution in [3.8, 4) is 5.75 Å². The lowest BCUT2D eigenvalue weighted by molar-refractivity contribution is 0.423. The molecule has 0 spiro atoms. The highest BCUT2D eigenvalue weighted by Crippen LogP contribution is 2.40. The van der Waals surface area contributed by atoms with Gasteiger partial charge in [-0.25, -0.2) is 0 Å². The van der Waals surface area contributed by atoms with Gasteiger partial charge in [0.05, 0.1) is 0 Å². The summed E-state index contributed by atoms with van der Waals surface area (Å²) in [6.07, 6.45) is 9.41. The number of aromatic hydroxyl groups is 1. The van der Waals surface area contributed by atoms with Crippen molar-refractivity contribution in [3.05, 3.63) is 34.9 Å². The van der Waals surface area contributed by atoms with E-state index in [1.54, 1.807) is 0 Å². The van der Waals surface area contributed by atoms with Gasteiger partial charge in [0, 0.05) is 11.1 Å². The fraction of sp³-hybridized carbons (Fsp3) is 0.619. The van der Waals surface area contributed by atoms with Crippen molar-refractivity contribution >= 4 is 6.08 Å². The van der Waals surface area contributed by atoms with Crippen LogP contribution in [0, 0.1) is 0 Å². The Morgan fingerprint density at radius 1 is 0.909 bits per heavy atom. The van der Waals surface area contributed by atoms with Gasteiger partial charge in [0.15, 0.2) is 0 Å². The van der Waals surface area contributed by atoms with Crippen LogP contribution in [0.25, 0.3) is 6.08 Å². The van der Waals surface area contributed by atoms with Crippen LogP contribution in [0.1, 0.15) is 90.8 Å². The molecule has 0 fully saturated rings. The van der Waals surface area contributed by atoms with Gasteiger partial charge >= 0.3 is 0 Å². The molecule has 0 radical (unpaired) electrons. The van der Waals surface area contributed by atoms with Gasteiger partial charge in [-0.1, -0.05) is 73.5 Å². The van der Waals surface area contributed by atoms with Crippen molar-refractivity contribution < 1.29 is 5.11 Å². The number of allylic oxidation sites excluding steroid dienone is 1. The number of hydrogen-bond donors (Lipinski definition) is 1. The molecule has 1 aromatic rings. The van der Waals surface area contributed by atoms with Gasteiger partial charge in [-0.3, -0.25) is 0 Å². The first-order valence-electron chi connectivity index (χ1n) is 8.62. The van der Waals surface area contributed by atoms with Crippen LogP contribution >= 0.6 is 0 Å². The standard InChI is InChI=1S/C21H34O/c1-8-9-10-11-12-13-16-14-17(20(2,3)4)19(22)18(15-16)21(5,6)7/h12-15,22H,8-11H2,1-7H3/b13-12+. The van der Waals surface area contributed by atoms with Crippen LogP contribution in [0.3, 0.4) is 0 Å². The first-order valence-corrected chi connectivity index (χ1v) is 8.62. The quantitative estimate of drug-likeness (QED) is 0.609. The summed E-state index contributed by atoms with van der Waals surface area (Å²) >= 11 is 0. The van der Waals surface area contributed by atoms with E-state index in [2.05, 4.69) is 72.8 Å². The molecule has 1 nitrogen and oxygen atoms in total. The highest BCUT2D eigenvalue weighted by Gasteiger charge is 2.26. The van der Waals surface area contributed by atoms with E-state index in [4.69, 9.17) is 0 Å². The lowest BCUT2D eigenvalue weighted by atomic mass is 9.78. The number of hydrogen-bond acceptors (Lipinski definition) is 1. The highest BCUT2D eigenvalue weighted by molar-refractivity contribution is 5.59. The Morgan fingerprint density at radius 2 is 1.41 bits per heavy atom. The van der Waals surface area contributed by atoms with Crippen LogP contribution in [0.2, 0.25) is 0 Å². The molecule has 1 heteroatoms. The van der Waals surface area contributed by atoms with Gasteiger partial charge in [-0.2, -0.15) is 0 Å². The molecule has 0 unspecified atom stereocenters. The number of phenols is 1. The minimum Gasteiger partial charge on any atom is -0.507 e. The minimum atomic E-state index is -0.0594. The van der Waals surface area contributed by atoms with Crippen molar-refractivity contribution in [2.45, 2.75) is 85.0 Å². The second-order valence-corrected chi connectivity index (χ2v) is 8.36. The third-order valence-electron chi connectivity index (χ3n) is 4.03. The fourth-order valence-electron chi connectivity index (χ4n) is 2.63. The predicted molar refractivity (Wildman–Crippen MR) is 98.7 cm³/mol. The van der Waals surface area contributed by atoms with E-state index in [0.29, 0.717) is 5.75 Å². The van der Waals surface area contributed by atoms with Crippen molar-refractivity contribution in [2.24, 2.45) is 0 Å². The summed E-state index contributed by atoms with van der Waals surface area (Å²) in [5.41, 5.74) is 3.15. The molecule has 124 valence electrons. The molecule has 1 aromatic carbocycles. The topological polar surface area (TPSA) is 20.2 Å². The van der Waals surface area contributed by atoms with Crippen LogP contribution in [0.4, 0.5) is 0 Å². The first kappa shape index (κ1) is 18.8. The number of rotatable bonds is 5. The molecule has 0 aromatic heterocycles. The second-order valence-electron chi connectivity index (χ2n) is 8.36. The molecule has 0 bridgehead atoms. The first-order chi connectivity index (χ1) is 10.1. The Morgan fingerprint density at radius 3 is 1.82 bits per heavy atom. The third-order valence-corrected chi connectivity index (χ3v) is 4.03. The van der Waals surface area contributed by atoms with E-state index < -0.39 is 0 Å². The van der Waals surface area contributed by atoms with Crippen LogP contribution in [0.15, 0.2) is 18.2 Å². The Balaban J connectivity index is 3.19. The number of benzene rings is 1. The zero-order valence-electron chi connectivity index (χ0n) is 15.6. The summed E-state index contributed by atoms with van der Waals surface area (Å²) in [6.45, 7) is 15.2. The van der Waals surface area contributed by atoms with E-state index in [0.717, 1.165) is 17.5 Å². The van der Waals surface area contributed by atoms with Crippen LogP contribution in [-0.4, -0.2) is 5.11 Å². The molecular weight excluding hydrogens is 268 g/mol. The molecule has 0 aliphatic heterocycles. The third kappa shape index (κ3) is 5.19. The molecule has 0 atom stereocenters. The molecular formula is C21H34O. The molecule has 1 N–H and O–H groups in total. The summed E-state index contributed by atoms with van der Waals surface area (Å²) < 4.78 is 0. The molecule has 1 rings (SSSR count). The monoisotopic (exact) mass is 302 g/mol. The van der Waals surface area contributed by atoms with Crippen LogP contribution in [-0.2, 0) is 10.8 Å². The van der Waals surface area contributed by atoms with E-state index in [-0.39, 0.29) is 10.8 Å². The van der Waals surface area contributed by atoms with Gasteiger partial charge < -0.3 is 5.11 Å². The largest absolute Gasteiger partial charge is 0.507 e. The van der Waals surface area contributed by atoms with E-state index in [1.807, 2.05) is 0 Å². The van der Waals surface area contributed by atoms with Gasteiger partial charge in [-0.15, -0.1) is 0 Å². The van der Waals surface area contributed by atoms with Gasteiger partial charge in [0.2, 0.25) is 0 Å². The predicted octanol–water partition coefficient (Wildman–Crippen LogP) is 6.58. The molecule has 0 saturated carbocycles. The Kier molecular flexibility index (Phi) is 6.28. The van der Waals surface area contributed by atoms with Gasteiger partial charge in [-0.05, 0) is 41.4 Å². The maximum Gasteiger partial charge on any atom is 0.123 e. The van der Waals surface area contributed by atoms with Crippen LogP contribution < -0.4 is 0 Å². The number of unbranched alkanes of at least 4 members (excludes halogenated alkanes) is 3. The summed E-state index contributed by atoms with van der Waals surface area (Å²) in [4.78, 5) is 0. The smallest absolute Gasteiger partial charge is 0.123 e. The van der Waals surface area contributed by atoms with Crippen molar-refractivity contribution in [1.29, 1.82) is 0 Å². The lowest BCUT2D eigenvalue weighted by Gasteiger charge is -2.27. The van der Waals surface area contributed by atoms with Crippen molar-refractivity contribution in [2.75, 3.05) is 0 Å². The average Bonchev–Trinajstić information content (AvgIpc) is 2.37. The fourth-order valence-corrected chi connectivity index (χ4v) is 2.63. The molecule has 0 aliphatic carbocycles. The van der Waals surface area contributed by atoms with E-state index in [1.165, 1.54) is 24.8 Å². The average molecular weight is 303 g/mol. The SMILES string of the molecule is CCCCC/C=C/c1cc(C(C)(C)C)c(O)c(C(C)(C)C)c1. The number of phenolic OH excluding ortho intramolecular Hbond substituents is 1. The lowest BCUT2D eigenvalue weighted by Crippen LogP contribution is -2.17. The molecule has 0 amide bonds. The summed E-state index contributed by atoms with van der Waals surface area (Å²) in [6, 6.07) is 4.28. The second kappa shape index (κ2) is 7.35. The maximum atomic E-state index is 10.7. The van der Waals surface area contributed by atoms with Crippen LogP contribution in [0.5, 0.6) is 5.75 Å². The van der Waals surface area contributed by atoms with E-state index >= 15 is 0 Å². The molecule has 0 aliphatic rings. The maximum absolute atomic E-state index is 10.7.